The quantitative estimate of drug-likeness (QED) is 0.473. The molecule has 1 aromatic rings. The molecule has 0 heterocycles. The Morgan fingerprint density at radius 2 is 1.81 bits per heavy atom. The van der Waals surface area contributed by atoms with Gasteiger partial charge in [0.1, 0.15) is 0 Å². The van der Waals surface area contributed by atoms with Crippen LogP contribution in [0.2, 0.25) is 0 Å². The SMILES string of the molecule is COC(CBr)(OC)C(C)=Nc1ccccc1. The van der Waals surface area contributed by atoms with Crippen molar-refractivity contribution in [3.8, 4) is 0 Å². The highest BCUT2D eigenvalue weighted by Crippen LogP contribution is 2.20. The highest BCUT2D eigenvalue weighted by atomic mass is 79.9. The van der Waals surface area contributed by atoms with E-state index in [-0.39, 0.29) is 0 Å². The Bertz CT molecular complexity index is 339. The van der Waals surface area contributed by atoms with E-state index in [4.69, 9.17) is 9.47 Å². The molecule has 0 fully saturated rings. The van der Waals surface area contributed by atoms with Crippen LogP contribution >= 0.6 is 15.9 Å². The van der Waals surface area contributed by atoms with Crippen molar-refractivity contribution < 1.29 is 9.47 Å². The van der Waals surface area contributed by atoms with E-state index in [1.54, 1.807) is 14.2 Å². The molecule has 88 valence electrons. The lowest BCUT2D eigenvalue weighted by molar-refractivity contribution is -0.135. The van der Waals surface area contributed by atoms with Gasteiger partial charge in [-0.25, -0.2) is 0 Å². The second kappa shape index (κ2) is 6.13. The minimum atomic E-state index is -0.796. The highest BCUT2D eigenvalue weighted by Gasteiger charge is 2.32. The van der Waals surface area contributed by atoms with Crippen LogP contribution in [0.15, 0.2) is 35.3 Å². The first-order valence-corrected chi connectivity index (χ1v) is 6.07. The van der Waals surface area contributed by atoms with E-state index < -0.39 is 5.79 Å². The van der Waals surface area contributed by atoms with Gasteiger partial charge in [0.25, 0.3) is 0 Å². The molecule has 0 unspecified atom stereocenters. The molecule has 16 heavy (non-hydrogen) atoms. The Labute approximate surface area is 105 Å². The second-order valence-electron chi connectivity index (χ2n) is 3.33. The lowest BCUT2D eigenvalue weighted by Gasteiger charge is -2.28. The number of para-hydroxylation sites is 1. The number of methoxy groups -OCH3 is 2. The maximum atomic E-state index is 5.37. The van der Waals surface area contributed by atoms with Crippen LogP contribution in [0.5, 0.6) is 0 Å². The van der Waals surface area contributed by atoms with E-state index in [9.17, 15) is 0 Å². The summed E-state index contributed by atoms with van der Waals surface area (Å²) < 4.78 is 10.7. The third-order valence-corrected chi connectivity index (χ3v) is 3.18. The van der Waals surface area contributed by atoms with Gasteiger partial charge in [-0.3, -0.25) is 4.99 Å². The van der Waals surface area contributed by atoms with Crippen molar-refractivity contribution >= 4 is 27.3 Å². The zero-order valence-electron chi connectivity index (χ0n) is 9.74. The van der Waals surface area contributed by atoms with Crippen molar-refractivity contribution in [3.63, 3.8) is 0 Å². The highest BCUT2D eigenvalue weighted by molar-refractivity contribution is 9.09. The van der Waals surface area contributed by atoms with Crippen LogP contribution < -0.4 is 0 Å². The summed E-state index contributed by atoms with van der Waals surface area (Å²) in [5.41, 5.74) is 1.67. The predicted octanol–water partition coefficient (Wildman–Crippen LogP) is 3.16. The Balaban J connectivity index is 2.99. The van der Waals surface area contributed by atoms with Gasteiger partial charge in [0, 0.05) is 14.2 Å². The van der Waals surface area contributed by atoms with Crippen LogP contribution in [-0.2, 0) is 9.47 Å². The van der Waals surface area contributed by atoms with Gasteiger partial charge in [0.2, 0.25) is 5.79 Å². The molecule has 1 rings (SSSR count). The molecule has 1 aromatic carbocycles. The van der Waals surface area contributed by atoms with Gasteiger partial charge in [0.15, 0.2) is 0 Å². The zero-order valence-corrected chi connectivity index (χ0v) is 11.3. The Morgan fingerprint density at radius 3 is 2.25 bits per heavy atom. The number of benzene rings is 1. The van der Waals surface area contributed by atoms with Gasteiger partial charge in [-0.05, 0) is 19.1 Å². The summed E-state index contributed by atoms with van der Waals surface area (Å²) in [5.74, 6) is -0.796. The molecule has 0 amide bonds. The molecule has 0 aromatic heterocycles. The van der Waals surface area contributed by atoms with Crippen molar-refractivity contribution in [3.05, 3.63) is 30.3 Å². The van der Waals surface area contributed by atoms with E-state index >= 15 is 0 Å². The minimum absolute atomic E-state index is 0.537. The number of ether oxygens (including phenoxy) is 2. The third-order valence-electron chi connectivity index (χ3n) is 2.44. The maximum absolute atomic E-state index is 5.37. The summed E-state index contributed by atoms with van der Waals surface area (Å²) >= 11 is 3.38. The number of halogens is 1. The first-order chi connectivity index (χ1) is 7.68. The van der Waals surface area contributed by atoms with Crippen molar-refractivity contribution in [2.24, 2.45) is 4.99 Å². The second-order valence-corrected chi connectivity index (χ2v) is 3.89. The maximum Gasteiger partial charge on any atom is 0.217 e. The summed E-state index contributed by atoms with van der Waals surface area (Å²) in [4.78, 5) is 4.48. The average molecular weight is 286 g/mol. The van der Waals surface area contributed by atoms with E-state index in [0.29, 0.717) is 5.33 Å². The van der Waals surface area contributed by atoms with Gasteiger partial charge in [-0.15, -0.1) is 0 Å². The van der Waals surface area contributed by atoms with Crippen LogP contribution in [0, 0.1) is 0 Å². The van der Waals surface area contributed by atoms with E-state index in [1.807, 2.05) is 37.3 Å². The summed E-state index contributed by atoms with van der Waals surface area (Å²) in [6, 6.07) is 9.73. The standard InChI is InChI=1S/C12H16BrNO2/c1-10(12(9-13,15-2)16-3)14-11-7-5-4-6-8-11/h4-8H,9H2,1-3H3. The molecule has 3 nitrogen and oxygen atoms in total. The molecule has 0 aliphatic carbocycles. The van der Waals surface area contributed by atoms with Crippen LogP contribution in [0.3, 0.4) is 0 Å². The number of nitrogens with zero attached hydrogens (tertiary/aromatic N) is 1. The molecule has 4 heteroatoms. The fourth-order valence-corrected chi connectivity index (χ4v) is 2.23. The van der Waals surface area contributed by atoms with E-state index in [2.05, 4.69) is 20.9 Å². The minimum Gasteiger partial charge on any atom is -0.348 e. The topological polar surface area (TPSA) is 30.8 Å². The Kier molecular flexibility index (Phi) is 5.12. The molecular formula is C12H16BrNO2. The fourth-order valence-electron chi connectivity index (χ4n) is 1.37. The predicted molar refractivity (Wildman–Crippen MR) is 69.8 cm³/mol. The lowest BCUT2D eigenvalue weighted by Crippen LogP contribution is -2.43. The van der Waals surface area contributed by atoms with Crippen LogP contribution in [0.4, 0.5) is 5.69 Å². The zero-order chi connectivity index (χ0) is 12.0. The number of hydrogen-bond acceptors (Lipinski definition) is 3. The van der Waals surface area contributed by atoms with E-state index in [1.165, 1.54) is 0 Å². The molecule has 0 atom stereocenters. The lowest BCUT2D eigenvalue weighted by atomic mass is 10.2. The molecule has 0 saturated heterocycles. The average Bonchev–Trinajstić information content (AvgIpc) is 2.33. The van der Waals surface area contributed by atoms with Crippen molar-refractivity contribution in [1.29, 1.82) is 0 Å². The number of aliphatic imine (C=N–C) groups is 1. The smallest absolute Gasteiger partial charge is 0.217 e. The summed E-state index contributed by atoms with van der Waals surface area (Å²) in [6.07, 6.45) is 0. The van der Waals surface area contributed by atoms with Gasteiger partial charge in [-0.1, -0.05) is 34.1 Å². The van der Waals surface area contributed by atoms with Crippen LogP contribution in [-0.4, -0.2) is 31.0 Å². The molecule has 0 aliphatic rings. The number of hydrogen-bond donors (Lipinski definition) is 0. The van der Waals surface area contributed by atoms with Gasteiger partial charge in [-0.2, -0.15) is 0 Å². The molecule has 0 N–H and O–H groups in total. The normalized spacial score (nSPS) is 12.9. The molecule has 0 bridgehead atoms. The molecule has 0 aliphatic heterocycles. The first-order valence-electron chi connectivity index (χ1n) is 4.95. The molecule has 0 radical (unpaired) electrons. The Hall–Kier alpha value is -0.710. The summed E-state index contributed by atoms with van der Waals surface area (Å²) in [6.45, 7) is 1.89. The van der Waals surface area contributed by atoms with E-state index in [0.717, 1.165) is 11.4 Å². The van der Waals surface area contributed by atoms with Gasteiger partial charge in [0.05, 0.1) is 16.7 Å². The largest absolute Gasteiger partial charge is 0.348 e. The molecular weight excluding hydrogens is 270 g/mol. The van der Waals surface area contributed by atoms with Crippen molar-refractivity contribution in [2.75, 3.05) is 19.5 Å². The van der Waals surface area contributed by atoms with Crippen LogP contribution in [0.1, 0.15) is 6.92 Å². The third kappa shape index (κ3) is 2.90. The summed E-state index contributed by atoms with van der Waals surface area (Å²) in [5, 5.41) is 0.537. The summed E-state index contributed by atoms with van der Waals surface area (Å²) in [7, 11) is 3.21. The Morgan fingerprint density at radius 1 is 1.25 bits per heavy atom. The van der Waals surface area contributed by atoms with Gasteiger partial charge >= 0.3 is 0 Å². The first kappa shape index (κ1) is 13.4. The number of rotatable bonds is 5. The monoisotopic (exact) mass is 285 g/mol. The van der Waals surface area contributed by atoms with Crippen LogP contribution in [0.25, 0.3) is 0 Å². The van der Waals surface area contributed by atoms with Crippen molar-refractivity contribution in [1.82, 2.24) is 0 Å². The molecule has 0 saturated carbocycles. The molecule has 0 spiro atoms. The van der Waals surface area contributed by atoms with Gasteiger partial charge < -0.3 is 9.47 Å². The van der Waals surface area contributed by atoms with Crippen molar-refractivity contribution in [2.45, 2.75) is 12.7 Å². The fraction of sp³-hybridized carbons (Fsp3) is 0.417. The number of alkyl halides is 1.